The zero-order chi connectivity index (χ0) is 9.90. The Hall–Kier alpha value is -0.540. The van der Waals surface area contributed by atoms with Gasteiger partial charge in [0.25, 0.3) is 0 Å². The Kier molecular flexibility index (Phi) is 3.33. The third kappa shape index (κ3) is 4.29. The summed E-state index contributed by atoms with van der Waals surface area (Å²) in [4.78, 5) is 6.17. The number of halogens is 1. The highest BCUT2D eigenvalue weighted by Gasteiger charge is 2.09. The molecule has 0 fully saturated rings. The second-order valence-corrected chi connectivity index (χ2v) is 5.33. The van der Waals surface area contributed by atoms with Crippen LogP contribution >= 0.6 is 22.9 Å². The van der Waals surface area contributed by atoms with E-state index in [-0.39, 0.29) is 5.60 Å². The van der Waals surface area contributed by atoms with Gasteiger partial charge in [-0.2, -0.15) is 0 Å². The summed E-state index contributed by atoms with van der Waals surface area (Å²) in [6.45, 7) is 5.85. The molecule has 0 atom stereocenters. The van der Waals surface area contributed by atoms with E-state index in [1.807, 2.05) is 32.9 Å². The minimum Gasteiger partial charge on any atom is -0.390 e. The molecule has 1 aromatic heterocycles. The predicted octanol–water partition coefficient (Wildman–Crippen LogP) is 3.55. The van der Waals surface area contributed by atoms with Crippen LogP contribution in [0, 0.1) is 0 Å². The van der Waals surface area contributed by atoms with Crippen LogP contribution in [-0.4, -0.2) is 11.8 Å². The van der Waals surface area contributed by atoms with E-state index in [9.17, 15) is 0 Å². The summed E-state index contributed by atoms with van der Waals surface area (Å²) in [5, 5.41) is 3.85. The average Bonchev–Trinajstić information content (AvgIpc) is 2.33. The average molecular weight is 218 g/mol. The van der Waals surface area contributed by atoms with Gasteiger partial charge in [-0.15, -0.1) is 11.3 Å². The van der Waals surface area contributed by atoms with Crippen molar-refractivity contribution in [1.82, 2.24) is 0 Å². The van der Waals surface area contributed by atoms with Gasteiger partial charge in [0.1, 0.15) is 5.60 Å². The number of hydrogen-bond acceptors (Lipinski definition) is 3. The maximum Gasteiger partial charge on any atom is 0.129 e. The van der Waals surface area contributed by atoms with Gasteiger partial charge in [0.05, 0.1) is 15.4 Å². The van der Waals surface area contributed by atoms with Crippen LogP contribution in [0.3, 0.4) is 0 Å². The van der Waals surface area contributed by atoms with Crippen molar-refractivity contribution in [1.29, 1.82) is 0 Å². The summed E-state index contributed by atoms with van der Waals surface area (Å²) in [6.07, 6.45) is 1.67. The fourth-order valence-electron chi connectivity index (χ4n) is 0.634. The van der Waals surface area contributed by atoms with Gasteiger partial charge < -0.3 is 4.84 Å². The highest BCUT2D eigenvalue weighted by molar-refractivity contribution is 7.17. The Balaban J connectivity index is 2.50. The van der Waals surface area contributed by atoms with E-state index in [1.54, 1.807) is 6.21 Å². The summed E-state index contributed by atoms with van der Waals surface area (Å²) in [6, 6.07) is 3.74. The number of hydrogen-bond donors (Lipinski definition) is 0. The first-order chi connectivity index (χ1) is 5.97. The van der Waals surface area contributed by atoms with Crippen molar-refractivity contribution >= 4 is 29.2 Å². The molecule has 72 valence electrons. The molecule has 0 unspecified atom stereocenters. The normalized spacial score (nSPS) is 12.3. The van der Waals surface area contributed by atoms with Crippen molar-refractivity contribution in [3.05, 3.63) is 21.3 Å². The molecule has 0 amide bonds. The van der Waals surface area contributed by atoms with Crippen LogP contribution < -0.4 is 0 Å². The van der Waals surface area contributed by atoms with Crippen molar-refractivity contribution in [2.75, 3.05) is 0 Å². The van der Waals surface area contributed by atoms with Gasteiger partial charge in [0, 0.05) is 0 Å². The highest BCUT2D eigenvalue weighted by atomic mass is 35.5. The summed E-state index contributed by atoms with van der Waals surface area (Å²) in [5.41, 5.74) is -0.239. The number of oxime groups is 1. The van der Waals surface area contributed by atoms with E-state index in [0.29, 0.717) is 0 Å². The lowest BCUT2D eigenvalue weighted by Crippen LogP contribution is -2.15. The number of thiophene rings is 1. The van der Waals surface area contributed by atoms with Crippen LogP contribution in [0.4, 0.5) is 0 Å². The van der Waals surface area contributed by atoms with Crippen LogP contribution in [0.5, 0.6) is 0 Å². The van der Waals surface area contributed by atoms with Crippen molar-refractivity contribution in [2.45, 2.75) is 26.4 Å². The molecule has 4 heteroatoms. The first-order valence-electron chi connectivity index (χ1n) is 3.94. The van der Waals surface area contributed by atoms with Gasteiger partial charge in [0.2, 0.25) is 0 Å². The summed E-state index contributed by atoms with van der Waals surface area (Å²) >= 11 is 7.22. The fourth-order valence-corrected chi connectivity index (χ4v) is 1.56. The third-order valence-corrected chi connectivity index (χ3v) is 2.27. The largest absolute Gasteiger partial charge is 0.390 e. The molecule has 13 heavy (non-hydrogen) atoms. The lowest BCUT2D eigenvalue weighted by molar-refractivity contribution is 0.00202. The van der Waals surface area contributed by atoms with E-state index in [0.717, 1.165) is 9.21 Å². The fraction of sp³-hybridized carbons (Fsp3) is 0.444. The first-order valence-corrected chi connectivity index (χ1v) is 5.14. The van der Waals surface area contributed by atoms with Crippen molar-refractivity contribution in [3.8, 4) is 0 Å². The lowest BCUT2D eigenvalue weighted by Gasteiger charge is -2.14. The quantitative estimate of drug-likeness (QED) is 0.549. The molecule has 0 aromatic carbocycles. The number of rotatable bonds is 2. The minimum absolute atomic E-state index is 0.239. The van der Waals surface area contributed by atoms with Gasteiger partial charge in [-0.3, -0.25) is 0 Å². The molecule has 0 saturated heterocycles. The molecule has 1 rings (SSSR count). The second-order valence-electron chi connectivity index (χ2n) is 3.58. The molecule has 0 aliphatic heterocycles. The van der Waals surface area contributed by atoms with E-state index < -0.39 is 0 Å². The van der Waals surface area contributed by atoms with Gasteiger partial charge in [-0.05, 0) is 32.9 Å². The molecule has 0 aliphatic rings. The molecule has 0 N–H and O–H groups in total. The number of nitrogens with zero attached hydrogens (tertiary/aromatic N) is 1. The summed E-state index contributed by atoms with van der Waals surface area (Å²) < 4.78 is 0.761. The minimum atomic E-state index is -0.239. The topological polar surface area (TPSA) is 21.6 Å². The van der Waals surface area contributed by atoms with Crippen LogP contribution in [0.15, 0.2) is 17.3 Å². The molecule has 0 bridgehead atoms. The highest BCUT2D eigenvalue weighted by Crippen LogP contribution is 2.19. The maximum absolute atomic E-state index is 5.75. The van der Waals surface area contributed by atoms with Gasteiger partial charge in [-0.25, -0.2) is 0 Å². The first kappa shape index (κ1) is 10.5. The zero-order valence-electron chi connectivity index (χ0n) is 7.87. The van der Waals surface area contributed by atoms with Crippen LogP contribution in [0.1, 0.15) is 25.6 Å². The Labute approximate surface area is 87.2 Å². The van der Waals surface area contributed by atoms with Crippen LogP contribution in [0.25, 0.3) is 0 Å². The standard InChI is InChI=1S/C9H12ClNOS/c1-9(2,3)12-11-6-7-4-5-8(10)13-7/h4-6H,1-3H3/b11-6+. The van der Waals surface area contributed by atoms with E-state index in [1.165, 1.54) is 11.3 Å². The molecule has 0 spiro atoms. The smallest absolute Gasteiger partial charge is 0.129 e. The molecule has 0 aliphatic carbocycles. The van der Waals surface area contributed by atoms with Crippen molar-refractivity contribution in [2.24, 2.45) is 5.16 Å². The lowest BCUT2D eigenvalue weighted by atomic mass is 10.2. The predicted molar refractivity (Wildman–Crippen MR) is 57.8 cm³/mol. The summed E-state index contributed by atoms with van der Waals surface area (Å²) in [5.74, 6) is 0. The molecule has 1 aromatic rings. The summed E-state index contributed by atoms with van der Waals surface area (Å²) in [7, 11) is 0. The Morgan fingerprint density at radius 2 is 2.15 bits per heavy atom. The van der Waals surface area contributed by atoms with Crippen LogP contribution in [0.2, 0.25) is 4.34 Å². The van der Waals surface area contributed by atoms with Crippen LogP contribution in [-0.2, 0) is 4.84 Å². The molecule has 0 radical (unpaired) electrons. The Morgan fingerprint density at radius 3 is 2.62 bits per heavy atom. The third-order valence-electron chi connectivity index (χ3n) is 1.10. The van der Waals surface area contributed by atoms with E-state index >= 15 is 0 Å². The van der Waals surface area contributed by atoms with Gasteiger partial charge >= 0.3 is 0 Å². The monoisotopic (exact) mass is 217 g/mol. The van der Waals surface area contributed by atoms with Crippen molar-refractivity contribution in [3.63, 3.8) is 0 Å². The zero-order valence-corrected chi connectivity index (χ0v) is 9.45. The second kappa shape index (κ2) is 4.11. The van der Waals surface area contributed by atoms with Gasteiger partial charge in [-0.1, -0.05) is 16.8 Å². The Bertz CT molecular complexity index is 301. The molecule has 2 nitrogen and oxygen atoms in total. The Morgan fingerprint density at radius 1 is 1.46 bits per heavy atom. The molecule has 0 saturated carbocycles. The molecule has 1 heterocycles. The van der Waals surface area contributed by atoms with E-state index in [2.05, 4.69) is 5.16 Å². The molecular formula is C9H12ClNOS. The van der Waals surface area contributed by atoms with Crippen molar-refractivity contribution < 1.29 is 4.84 Å². The van der Waals surface area contributed by atoms with Gasteiger partial charge in [0.15, 0.2) is 0 Å². The SMILES string of the molecule is CC(C)(C)O/N=C/c1ccc(Cl)s1. The van der Waals surface area contributed by atoms with E-state index in [4.69, 9.17) is 16.4 Å². The maximum atomic E-state index is 5.75. The molecular weight excluding hydrogens is 206 g/mol.